The number of carboxylic acids is 1. The van der Waals surface area contributed by atoms with Crippen LogP contribution in [0.25, 0.3) is 0 Å². The Hall–Kier alpha value is -1.10. The van der Waals surface area contributed by atoms with Crippen LogP contribution >= 0.6 is 0 Å². The highest BCUT2D eigenvalue weighted by atomic mass is 16.5. The molecule has 0 fully saturated rings. The van der Waals surface area contributed by atoms with Crippen molar-refractivity contribution in [3.63, 3.8) is 0 Å². The number of hydrogen-bond donors (Lipinski definition) is 2. The van der Waals surface area contributed by atoms with Gasteiger partial charge in [0.2, 0.25) is 0 Å². The largest absolute Gasteiger partial charge is 0.480 e. The van der Waals surface area contributed by atoms with E-state index in [-0.39, 0.29) is 6.54 Å². The first-order chi connectivity index (χ1) is 6.90. The predicted octanol–water partition coefficient (Wildman–Crippen LogP) is 0.782. The minimum absolute atomic E-state index is 0.254. The van der Waals surface area contributed by atoms with Crippen LogP contribution in [0, 0.1) is 0 Å². The van der Waals surface area contributed by atoms with Gasteiger partial charge in [-0.2, -0.15) is 0 Å². The highest BCUT2D eigenvalue weighted by Crippen LogP contribution is 2.05. The minimum atomic E-state index is -0.996. The number of carbonyl (C=O) groups is 2. The summed E-state index contributed by atoms with van der Waals surface area (Å²) < 4.78 is 4.99. The van der Waals surface area contributed by atoms with Crippen LogP contribution in [-0.2, 0) is 14.3 Å². The summed E-state index contributed by atoms with van der Waals surface area (Å²) in [6, 6.07) is 0. The number of carboxylic acid groups (broad SMARTS) is 1. The van der Waals surface area contributed by atoms with E-state index < -0.39 is 17.5 Å². The van der Waals surface area contributed by atoms with Gasteiger partial charge < -0.3 is 9.84 Å². The molecule has 0 aromatic heterocycles. The monoisotopic (exact) mass is 217 g/mol. The van der Waals surface area contributed by atoms with E-state index in [1.54, 1.807) is 13.8 Å². The van der Waals surface area contributed by atoms with Gasteiger partial charge in [0, 0.05) is 0 Å². The number of aliphatic carboxylic acids is 1. The smallest absolute Gasteiger partial charge is 0.325 e. The van der Waals surface area contributed by atoms with Gasteiger partial charge in [0.25, 0.3) is 0 Å². The number of esters is 1. The first kappa shape index (κ1) is 13.9. The van der Waals surface area contributed by atoms with E-state index in [2.05, 4.69) is 5.32 Å². The van der Waals surface area contributed by atoms with Crippen molar-refractivity contribution in [1.82, 2.24) is 5.32 Å². The van der Waals surface area contributed by atoms with Gasteiger partial charge in [-0.1, -0.05) is 13.3 Å². The maximum absolute atomic E-state index is 11.5. The Morgan fingerprint density at radius 2 is 2.00 bits per heavy atom. The fourth-order valence-corrected chi connectivity index (χ4v) is 0.858. The van der Waals surface area contributed by atoms with Crippen molar-refractivity contribution in [2.45, 2.75) is 39.2 Å². The number of rotatable bonds is 7. The van der Waals surface area contributed by atoms with Gasteiger partial charge in [0.1, 0.15) is 5.54 Å². The minimum Gasteiger partial charge on any atom is -0.480 e. The van der Waals surface area contributed by atoms with Crippen molar-refractivity contribution in [3.8, 4) is 0 Å². The van der Waals surface area contributed by atoms with Gasteiger partial charge in [-0.25, -0.2) is 0 Å². The third kappa shape index (κ3) is 6.06. The van der Waals surface area contributed by atoms with Crippen LogP contribution in [-0.4, -0.2) is 35.7 Å². The molecule has 0 aromatic carbocycles. The van der Waals surface area contributed by atoms with Crippen LogP contribution in [0.3, 0.4) is 0 Å². The average Bonchev–Trinajstić information content (AvgIpc) is 2.15. The Labute approximate surface area is 89.8 Å². The lowest BCUT2D eigenvalue weighted by Gasteiger charge is -2.23. The molecular formula is C10H19NO4. The second-order valence-corrected chi connectivity index (χ2v) is 3.86. The molecule has 0 aliphatic rings. The molecule has 0 bridgehead atoms. The van der Waals surface area contributed by atoms with E-state index in [4.69, 9.17) is 9.84 Å². The van der Waals surface area contributed by atoms with Crippen molar-refractivity contribution in [3.05, 3.63) is 0 Å². The van der Waals surface area contributed by atoms with Gasteiger partial charge >= 0.3 is 11.9 Å². The van der Waals surface area contributed by atoms with Gasteiger partial charge in [0.15, 0.2) is 0 Å². The molecule has 0 heterocycles. The van der Waals surface area contributed by atoms with E-state index in [0.29, 0.717) is 6.61 Å². The highest BCUT2D eigenvalue weighted by Gasteiger charge is 2.29. The lowest BCUT2D eigenvalue weighted by molar-refractivity contribution is -0.150. The quantitative estimate of drug-likeness (QED) is 0.487. The lowest BCUT2D eigenvalue weighted by atomic mass is 10.1. The van der Waals surface area contributed by atoms with Crippen molar-refractivity contribution in [2.24, 2.45) is 0 Å². The zero-order chi connectivity index (χ0) is 11.9. The van der Waals surface area contributed by atoms with Crippen LogP contribution in [0.2, 0.25) is 0 Å². The summed E-state index contributed by atoms with van der Waals surface area (Å²) in [4.78, 5) is 21.8. The second kappa shape index (κ2) is 6.40. The van der Waals surface area contributed by atoms with Crippen LogP contribution < -0.4 is 5.32 Å². The molecule has 0 saturated carbocycles. The maximum atomic E-state index is 11.5. The molecule has 5 heteroatoms. The summed E-state index contributed by atoms with van der Waals surface area (Å²) in [6.45, 7) is 5.33. The number of unbranched alkanes of at least 4 members (excludes halogenated alkanes) is 1. The average molecular weight is 217 g/mol. The highest BCUT2D eigenvalue weighted by molar-refractivity contribution is 5.80. The molecule has 0 rings (SSSR count). The summed E-state index contributed by atoms with van der Waals surface area (Å²) in [7, 11) is 0. The summed E-state index contributed by atoms with van der Waals surface area (Å²) in [6.07, 6.45) is 1.77. The molecule has 0 amide bonds. The lowest BCUT2D eigenvalue weighted by Crippen LogP contribution is -2.49. The molecule has 0 aromatic rings. The van der Waals surface area contributed by atoms with Crippen molar-refractivity contribution in [1.29, 1.82) is 0 Å². The van der Waals surface area contributed by atoms with Gasteiger partial charge in [-0.05, 0) is 20.3 Å². The second-order valence-electron chi connectivity index (χ2n) is 3.86. The Balaban J connectivity index is 3.96. The topological polar surface area (TPSA) is 75.6 Å². The Bertz CT molecular complexity index is 225. The van der Waals surface area contributed by atoms with Gasteiger partial charge in [-0.15, -0.1) is 0 Å². The first-order valence-corrected chi connectivity index (χ1v) is 5.04. The zero-order valence-electron chi connectivity index (χ0n) is 9.50. The van der Waals surface area contributed by atoms with E-state index in [1.165, 1.54) is 0 Å². The fraction of sp³-hybridized carbons (Fsp3) is 0.800. The third-order valence-electron chi connectivity index (χ3n) is 1.92. The molecule has 0 atom stereocenters. The summed E-state index contributed by atoms with van der Waals surface area (Å²) in [5.74, 6) is -1.42. The maximum Gasteiger partial charge on any atom is 0.325 e. The Kier molecular flexibility index (Phi) is 5.93. The van der Waals surface area contributed by atoms with Crippen molar-refractivity contribution in [2.75, 3.05) is 13.2 Å². The summed E-state index contributed by atoms with van der Waals surface area (Å²) >= 11 is 0. The van der Waals surface area contributed by atoms with Gasteiger partial charge in [-0.3, -0.25) is 14.9 Å². The molecule has 0 spiro atoms. The SMILES string of the molecule is CCCCOC(=O)C(C)(C)NCC(=O)O. The number of carbonyl (C=O) groups excluding carboxylic acids is 1. The fourth-order valence-electron chi connectivity index (χ4n) is 0.858. The molecule has 0 saturated heterocycles. The molecule has 2 N–H and O–H groups in total. The molecule has 0 aliphatic carbocycles. The van der Waals surface area contributed by atoms with Gasteiger partial charge in [0.05, 0.1) is 13.2 Å². The van der Waals surface area contributed by atoms with Crippen LogP contribution in [0.1, 0.15) is 33.6 Å². The van der Waals surface area contributed by atoms with E-state index in [1.807, 2.05) is 6.92 Å². The Morgan fingerprint density at radius 1 is 1.40 bits per heavy atom. The van der Waals surface area contributed by atoms with Crippen molar-refractivity contribution < 1.29 is 19.4 Å². The van der Waals surface area contributed by atoms with Crippen LogP contribution in [0.5, 0.6) is 0 Å². The van der Waals surface area contributed by atoms with Crippen molar-refractivity contribution >= 4 is 11.9 Å². The molecule has 0 aliphatic heterocycles. The molecule has 15 heavy (non-hydrogen) atoms. The third-order valence-corrected chi connectivity index (χ3v) is 1.92. The van der Waals surface area contributed by atoms with Crippen LogP contribution in [0.4, 0.5) is 0 Å². The van der Waals surface area contributed by atoms with Crippen LogP contribution in [0.15, 0.2) is 0 Å². The normalized spacial score (nSPS) is 11.1. The number of ether oxygens (including phenoxy) is 1. The molecule has 0 unspecified atom stereocenters. The molecule has 88 valence electrons. The summed E-state index contributed by atoms with van der Waals surface area (Å²) in [5, 5.41) is 11.1. The zero-order valence-corrected chi connectivity index (χ0v) is 9.50. The predicted molar refractivity (Wildman–Crippen MR) is 55.6 cm³/mol. The molecule has 0 radical (unpaired) electrons. The first-order valence-electron chi connectivity index (χ1n) is 5.04. The molecular weight excluding hydrogens is 198 g/mol. The molecule has 5 nitrogen and oxygen atoms in total. The van der Waals surface area contributed by atoms with E-state index in [0.717, 1.165) is 12.8 Å². The number of hydrogen-bond acceptors (Lipinski definition) is 4. The Morgan fingerprint density at radius 3 is 2.47 bits per heavy atom. The summed E-state index contributed by atoms with van der Waals surface area (Å²) in [5.41, 5.74) is -0.952. The van der Waals surface area contributed by atoms with E-state index >= 15 is 0 Å². The van der Waals surface area contributed by atoms with E-state index in [9.17, 15) is 9.59 Å². The standard InChI is InChI=1S/C10H19NO4/c1-4-5-6-15-9(14)10(2,3)11-7-8(12)13/h11H,4-7H2,1-3H3,(H,12,13). The number of nitrogens with one attached hydrogen (secondary N) is 1.